The van der Waals surface area contributed by atoms with Crippen LogP contribution >= 0.6 is 15.9 Å². The van der Waals surface area contributed by atoms with Crippen LogP contribution in [0.2, 0.25) is 0 Å². The van der Waals surface area contributed by atoms with Crippen molar-refractivity contribution in [2.45, 2.75) is 77.4 Å². The maximum atomic E-state index is 12.8. The predicted molar refractivity (Wildman–Crippen MR) is 123 cm³/mol. The Balaban J connectivity index is 1.56. The molecule has 0 bridgehead atoms. The number of amides is 2. The topological polar surface area (TPSA) is 58.6 Å². The first-order valence-electron chi connectivity index (χ1n) is 11.3. The number of carbonyl (C=O) groups excluding carboxylic acids is 2. The van der Waals surface area contributed by atoms with E-state index in [0.29, 0.717) is 17.4 Å². The molecule has 1 unspecified atom stereocenters. The largest absolute Gasteiger partial charge is 0.444 e. The van der Waals surface area contributed by atoms with E-state index in [1.807, 2.05) is 49.9 Å². The quantitative estimate of drug-likeness (QED) is 0.583. The van der Waals surface area contributed by atoms with Gasteiger partial charge in [0.2, 0.25) is 0 Å². The number of ether oxygens (including phenoxy) is 1. The highest BCUT2D eigenvalue weighted by molar-refractivity contribution is 9.10. The number of halogens is 1. The molecule has 2 aliphatic rings. The molecule has 2 fully saturated rings. The maximum absolute atomic E-state index is 12.8. The monoisotopic (exact) mass is 478 g/mol. The van der Waals surface area contributed by atoms with Crippen molar-refractivity contribution in [2.24, 2.45) is 11.8 Å². The van der Waals surface area contributed by atoms with E-state index in [1.165, 1.54) is 25.7 Å². The molecule has 1 aromatic carbocycles. The summed E-state index contributed by atoms with van der Waals surface area (Å²) in [6.07, 6.45) is 7.63. The standard InChI is InChI=1S/C24H35BrN2O3/c1-24(2,3)30-23(29)27-14-12-17(13-15-27)16-21(18-6-4-5-7-18)26-22(28)19-8-10-20(25)11-9-19/h8-11,17-18,21H,4-7,12-16H2,1-3H3,(H,26,28). The molecule has 30 heavy (non-hydrogen) atoms. The minimum absolute atomic E-state index is 0.0191. The third-order valence-corrected chi connectivity index (χ3v) is 6.77. The Morgan fingerprint density at radius 3 is 2.27 bits per heavy atom. The second-order valence-electron chi connectivity index (χ2n) is 9.78. The smallest absolute Gasteiger partial charge is 0.410 e. The van der Waals surface area contributed by atoms with Crippen LogP contribution in [-0.2, 0) is 4.74 Å². The van der Waals surface area contributed by atoms with Crippen molar-refractivity contribution < 1.29 is 14.3 Å². The Morgan fingerprint density at radius 2 is 1.70 bits per heavy atom. The van der Waals surface area contributed by atoms with Crippen molar-refractivity contribution in [2.75, 3.05) is 13.1 Å². The van der Waals surface area contributed by atoms with Crippen LogP contribution in [0.25, 0.3) is 0 Å². The molecule has 1 heterocycles. The lowest BCUT2D eigenvalue weighted by Gasteiger charge is -2.36. The van der Waals surface area contributed by atoms with E-state index in [1.54, 1.807) is 0 Å². The van der Waals surface area contributed by atoms with E-state index in [2.05, 4.69) is 21.2 Å². The summed E-state index contributed by atoms with van der Waals surface area (Å²) >= 11 is 3.43. The Morgan fingerprint density at radius 1 is 1.10 bits per heavy atom. The number of likely N-dealkylation sites (tertiary alicyclic amines) is 1. The minimum atomic E-state index is -0.460. The average Bonchev–Trinajstić information content (AvgIpc) is 3.22. The first-order valence-corrected chi connectivity index (χ1v) is 12.0. The molecule has 1 N–H and O–H groups in total. The maximum Gasteiger partial charge on any atom is 0.410 e. The molecule has 0 aromatic heterocycles. The van der Waals surface area contributed by atoms with Crippen molar-refractivity contribution in [3.8, 4) is 0 Å². The second-order valence-corrected chi connectivity index (χ2v) is 10.7. The molecule has 6 heteroatoms. The zero-order valence-electron chi connectivity index (χ0n) is 18.5. The molecule has 1 saturated carbocycles. The van der Waals surface area contributed by atoms with E-state index in [-0.39, 0.29) is 18.0 Å². The molecule has 3 rings (SSSR count). The van der Waals surface area contributed by atoms with Crippen LogP contribution in [-0.4, -0.2) is 41.6 Å². The molecule has 1 aliphatic heterocycles. The van der Waals surface area contributed by atoms with Crippen LogP contribution in [0.15, 0.2) is 28.7 Å². The number of hydrogen-bond donors (Lipinski definition) is 1. The molecule has 0 radical (unpaired) electrons. The van der Waals surface area contributed by atoms with Gasteiger partial charge in [0.15, 0.2) is 0 Å². The van der Waals surface area contributed by atoms with E-state index >= 15 is 0 Å². The first-order chi connectivity index (χ1) is 14.2. The van der Waals surface area contributed by atoms with E-state index in [0.717, 1.165) is 36.8 Å². The number of nitrogens with zero attached hydrogens (tertiary/aromatic N) is 1. The van der Waals surface area contributed by atoms with E-state index in [4.69, 9.17) is 4.74 Å². The summed E-state index contributed by atoms with van der Waals surface area (Å²) in [5, 5.41) is 3.35. The summed E-state index contributed by atoms with van der Waals surface area (Å²) < 4.78 is 6.49. The number of benzene rings is 1. The zero-order chi connectivity index (χ0) is 21.7. The van der Waals surface area contributed by atoms with E-state index < -0.39 is 5.60 Å². The van der Waals surface area contributed by atoms with Crippen molar-refractivity contribution in [1.29, 1.82) is 0 Å². The van der Waals surface area contributed by atoms with Gasteiger partial charge in [0.05, 0.1) is 0 Å². The Hall–Kier alpha value is -1.56. The number of carbonyl (C=O) groups is 2. The highest BCUT2D eigenvalue weighted by atomic mass is 79.9. The molecule has 1 atom stereocenters. The van der Waals surface area contributed by atoms with E-state index in [9.17, 15) is 9.59 Å². The molecule has 1 saturated heterocycles. The fourth-order valence-corrected chi connectivity index (χ4v) is 4.88. The van der Waals surface area contributed by atoms with Crippen LogP contribution in [0.4, 0.5) is 4.79 Å². The second kappa shape index (κ2) is 10.2. The van der Waals surface area contributed by atoms with Gasteiger partial charge >= 0.3 is 6.09 Å². The molecule has 0 spiro atoms. The summed E-state index contributed by atoms with van der Waals surface area (Å²) in [6.45, 7) is 7.17. The van der Waals surface area contributed by atoms with Gasteiger partial charge in [-0.25, -0.2) is 4.79 Å². The summed E-state index contributed by atoms with van der Waals surface area (Å²) in [4.78, 5) is 27.0. The molecule has 1 aliphatic carbocycles. The van der Waals surface area contributed by atoms with Crippen LogP contribution in [0.3, 0.4) is 0 Å². The van der Waals surface area contributed by atoms with Crippen LogP contribution < -0.4 is 5.32 Å². The number of piperidine rings is 1. The Labute approximate surface area is 189 Å². The van der Waals surface area contributed by atoms with Gasteiger partial charge in [0, 0.05) is 29.2 Å². The fourth-order valence-electron chi connectivity index (χ4n) is 4.62. The summed E-state index contributed by atoms with van der Waals surface area (Å²) in [7, 11) is 0. The molecular formula is C24H35BrN2O3. The zero-order valence-corrected chi connectivity index (χ0v) is 20.0. The van der Waals surface area contributed by atoms with Crippen LogP contribution in [0.5, 0.6) is 0 Å². The lowest BCUT2D eigenvalue weighted by Crippen LogP contribution is -2.45. The summed E-state index contributed by atoms with van der Waals surface area (Å²) in [5.74, 6) is 1.11. The van der Waals surface area contributed by atoms with Gasteiger partial charge in [-0.2, -0.15) is 0 Å². The SMILES string of the molecule is CC(C)(C)OC(=O)N1CCC(CC(NC(=O)c2ccc(Br)cc2)C2CCCC2)CC1. The van der Waals surface area contributed by atoms with Crippen LogP contribution in [0, 0.1) is 11.8 Å². The van der Waals surface area contributed by atoms with Crippen molar-refractivity contribution in [3.63, 3.8) is 0 Å². The minimum Gasteiger partial charge on any atom is -0.444 e. The predicted octanol–water partition coefficient (Wildman–Crippen LogP) is 5.77. The van der Waals surface area contributed by atoms with Crippen molar-refractivity contribution >= 4 is 27.9 Å². The highest BCUT2D eigenvalue weighted by Crippen LogP contribution is 2.33. The summed E-state index contributed by atoms with van der Waals surface area (Å²) in [6, 6.07) is 7.76. The van der Waals surface area contributed by atoms with Gasteiger partial charge in [-0.3, -0.25) is 4.79 Å². The van der Waals surface area contributed by atoms with Crippen LogP contribution in [0.1, 0.15) is 76.1 Å². The lowest BCUT2D eigenvalue weighted by atomic mass is 9.84. The summed E-state index contributed by atoms with van der Waals surface area (Å²) in [5.41, 5.74) is 0.250. The molecule has 5 nitrogen and oxygen atoms in total. The molecule has 166 valence electrons. The van der Waals surface area contributed by atoms with Crippen molar-refractivity contribution in [1.82, 2.24) is 10.2 Å². The Bertz CT molecular complexity index is 715. The third-order valence-electron chi connectivity index (χ3n) is 6.25. The third kappa shape index (κ3) is 6.73. The normalized spacial score (nSPS) is 19.5. The molecule has 1 aromatic rings. The van der Waals surface area contributed by atoms with Gasteiger partial charge in [0.1, 0.15) is 5.60 Å². The highest BCUT2D eigenvalue weighted by Gasteiger charge is 2.32. The molecule has 2 amide bonds. The number of nitrogens with one attached hydrogen (secondary N) is 1. The number of rotatable bonds is 5. The van der Waals surface area contributed by atoms with Gasteiger partial charge in [0.25, 0.3) is 5.91 Å². The average molecular weight is 479 g/mol. The van der Waals surface area contributed by atoms with Gasteiger partial charge in [-0.05, 0) is 89.0 Å². The van der Waals surface area contributed by atoms with Gasteiger partial charge < -0.3 is 15.0 Å². The lowest BCUT2D eigenvalue weighted by molar-refractivity contribution is 0.0176. The first kappa shape index (κ1) is 23.1. The van der Waals surface area contributed by atoms with Gasteiger partial charge in [-0.1, -0.05) is 28.8 Å². The van der Waals surface area contributed by atoms with Crippen molar-refractivity contribution in [3.05, 3.63) is 34.3 Å². The Kier molecular flexibility index (Phi) is 7.83. The van der Waals surface area contributed by atoms with Gasteiger partial charge in [-0.15, -0.1) is 0 Å². The molecular weight excluding hydrogens is 444 g/mol. The number of hydrogen-bond acceptors (Lipinski definition) is 3. The fraction of sp³-hybridized carbons (Fsp3) is 0.667.